The van der Waals surface area contributed by atoms with Crippen LogP contribution in [0.5, 0.6) is 0 Å². The molecule has 2 aromatic carbocycles. The van der Waals surface area contributed by atoms with Crippen molar-refractivity contribution in [2.45, 2.75) is 115 Å². The Morgan fingerprint density at radius 3 is 2.35 bits per heavy atom. The summed E-state index contributed by atoms with van der Waals surface area (Å²) in [6.45, 7) is 7.65. The molecule has 0 bridgehead atoms. The van der Waals surface area contributed by atoms with Crippen LogP contribution in [0, 0.1) is 5.92 Å². The number of carbonyl (C=O) groups excluding carboxylic acids is 6. The molecule has 0 unspecified atom stereocenters. The monoisotopic (exact) mass is 758 g/mol. The van der Waals surface area contributed by atoms with Crippen molar-refractivity contribution in [1.82, 2.24) is 41.0 Å². The molecule has 296 valence electrons. The average Bonchev–Trinajstić information content (AvgIpc) is 3.73. The summed E-state index contributed by atoms with van der Waals surface area (Å²) in [5.41, 5.74) is 2.50. The second kappa shape index (κ2) is 18.8. The summed E-state index contributed by atoms with van der Waals surface area (Å²) in [4.78, 5) is 88.2. The van der Waals surface area contributed by atoms with Gasteiger partial charge in [-0.2, -0.15) is 0 Å². The van der Waals surface area contributed by atoms with Gasteiger partial charge in [-0.1, -0.05) is 63.2 Å². The van der Waals surface area contributed by atoms with Crippen molar-refractivity contribution in [3.63, 3.8) is 0 Å². The maximum Gasteiger partial charge on any atom is 0.245 e. The number of nitrogens with zero attached hydrogens (tertiary/aromatic N) is 3. The molecule has 2 aliphatic heterocycles. The van der Waals surface area contributed by atoms with Crippen molar-refractivity contribution < 1.29 is 33.9 Å². The van der Waals surface area contributed by atoms with E-state index in [1.807, 2.05) is 79.9 Å². The molecule has 3 heterocycles. The van der Waals surface area contributed by atoms with Crippen molar-refractivity contribution >= 4 is 46.5 Å². The lowest BCUT2D eigenvalue weighted by atomic mass is 10.00. The molecule has 3 aromatic rings. The molecule has 2 fully saturated rings. The van der Waals surface area contributed by atoms with Gasteiger partial charge in [-0.15, -0.1) is 0 Å². The van der Waals surface area contributed by atoms with E-state index in [0.717, 1.165) is 22.4 Å². The van der Waals surface area contributed by atoms with Crippen LogP contribution >= 0.6 is 0 Å². The molecule has 5 rings (SSSR count). The van der Waals surface area contributed by atoms with Crippen LogP contribution in [-0.4, -0.2) is 104 Å². The largest absolute Gasteiger partial charge is 0.391 e. The number of aromatic nitrogens is 2. The number of imidazole rings is 1. The van der Waals surface area contributed by atoms with Gasteiger partial charge in [0.05, 0.1) is 17.1 Å². The maximum absolute atomic E-state index is 14.1. The predicted molar refractivity (Wildman–Crippen MR) is 205 cm³/mol. The summed E-state index contributed by atoms with van der Waals surface area (Å²) in [5.74, 6) is -2.37. The lowest BCUT2D eigenvalue weighted by Crippen LogP contribution is -2.59. The quantitative estimate of drug-likeness (QED) is 0.186. The number of para-hydroxylation sites is 2. The third-order valence-electron chi connectivity index (χ3n) is 10.1. The number of amides is 6. The number of carbonyl (C=O) groups is 6. The molecule has 0 radical (unpaired) electrons. The van der Waals surface area contributed by atoms with Gasteiger partial charge in [0.1, 0.15) is 36.0 Å². The fourth-order valence-corrected chi connectivity index (χ4v) is 7.27. The summed E-state index contributed by atoms with van der Waals surface area (Å²) in [6, 6.07) is 11.5. The number of hydrogen-bond donors (Lipinski definition) is 6. The lowest BCUT2D eigenvalue weighted by molar-refractivity contribution is -0.141. The van der Waals surface area contributed by atoms with Crippen molar-refractivity contribution in [2.75, 3.05) is 13.1 Å². The first kappa shape index (κ1) is 40.9. The summed E-state index contributed by atoms with van der Waals surface area (Å²) in [5, 5.41) is 24.5. The Bertz CT molecular complexity index is 1850. The Balaban J connectivity index is 1.41. The van der Waals surface area contributed by atoms with E-state index in [2.05, 4.69) is 31.6 Å². The average molecular weight is 759 g/mol. The fraction of sp³-hybridized carbons (Fsp3) is 0.525. The molecule has 0 aliphatic carbocycles. The van der Waals surface area contributed by atoms with Gasteiger partial charge >= 0.3 is 0 Å². The highest BCUT2D eigenvalue weighted by molar-refractivity contribution is 5.96. The summed E-state index contributed by atoms with van der Waals surface area (Å²) < 4.78 is 1.99. The van der Waals surface area contributed by atoms with E-state index >= 15 is 0 Å². The van der Waals surface area contributed by atoms with Crippen LogP contribution in [0.2, 0.25) is 0 Å². The van der Waals surface area contributed by atoms with E-state index in [4.69, 9.17) is 0 Å². The number of aliphatic hydroxyl groups is 1. The molecule has 6 amide bonds. The summed E-state index contributed by atoms with van der Waals surface area (Å²) >= 11 is 0. The van der Waals surface area contributed by atoms with Crippen LogP contribution in [-0.2, 0) is 48.2 Å². The molecule has 2 aliphatic rings. The first-order valence-electron chi connectivity index (χ1n) is 19.3. The van der Waals surface area contributed by atoms with Crippen molar-refractivity contribution in [3.8, 4) is 0 Å². The molecular weight excluding hydrogens is 704 g/mol. The van der Waals surface area contributed by atoms with Crippen LogP contribution in [0.1, 0.15) is 71.2 Å². The minimum absolute atomic E-state index is 0.0279. The highest BCUT2D eigenvalue weighted by atomic mass is 16.3. The second-order valence-electron chi connectivity index (χ2n) is 14.9. The van der Waals surface area contributed by atoms with Crippen molar-refractivity contribution in [3.05, 3.63) is 66.0 Å². The number of nitrogens with one attached hydrogen (secondary N) is 5. The number of aliphatic hydroxyl groups excluding tert-OH is 1. The second-order valence-corrected chi connectivity index (χ2v) is 14.9. The molecule has 6 atom stereocenters. The Hall–Kier alpha value is -5.31. The topological polar surface area (TPSA) is 204 Å². The van der Waals surface area contributed by atoms with E-state index < -0.39 is 65.8 Å². The fourth-order valence-electron chi connectivity index (χ4n) is 7.27. The molecule has 15 nitrogen and oxygen atoms in total. The van der Waals surface area contributed by atoms with E-state index in [9.17, 15) is 33.9 Å². The van der Waals surface area contributed by atoms with Gasteiger partial charge in [-0.05, 0) is 49.8 Å². The van der Waals surface area contributed by atoms with Gasteiger partial charge in [0, 0.05) is 45.3 Å². The molecule has 55 heavy (non-hydrogen) atoms. The highest BCUT2D eigenvalue weighted by Gasteiger charge is 2.41. The number of rotatable bonds is 9. The van der Waals surface area contributed by atoms with E-state index in [1.165, 1.54) is 11.8 Å². The van der Waals surface area contributed by atoms with Gasteiger partial charge in [0.25, 0.3) is 0 Å². The van der Waals surface area contributed by atoms with Crippen LogP contribution in [0.4, 0.5) is 0 Å². The zero-order valence-corrected chi connectivity index (χ0v) is 32.0. The normalized spacial score (nSPS) is 24.7. The number of aryl methyl sites for hydroxylation is 2. The molecule has 15 heteroatoms. The SMILES string of the molecule is CCc1nc2ccccc2n1CCC(=O)N[C@H]1CCCNC(=O)[C@@H]2C[C@@H](O)CN2C(=O)[C@H](C)NC(=O)[C@H](CC(C)C)NC(=O)[C@@H](Cc2ccccc2)NC1=O. The zero-order chi connectivity index (χ0) is 39.6. The Labute approximate surface area is 321 Å². The number of benzene rings is 2. The molecule has 0 spiro atoms. The van der Waals surface area contributed by atoms with Gasteiger partial charge < -0.3 is 41.2 Å². The predicted octanol–water partition coefficient (Wildman–Crippen LogP) is 1.11. The highest BCUT2D eigenvalue weighted by Crippen LogP contribution is 2.20. The minimum Gasteiger partial charge on any atom is -0.391 e. The van der Waals surface area contributed by atoms with Crippen LogP contribution < -0.4 is 26.6 Å². The smallest absolute Gasteiger partial charge is 0.245 e. The molecule has 6 N–H and O–H groups in total. The minimum atomic E-state index is -1.12. The third-order valence-corrected chi connectivity index (χ3v) is 10.1. The Kier molecular flexibility index (Phi) is 14.0. The Morgan fingerprint density at radius 1 is 0.927 bits per heavy atom. The summed E-state index contributed by atoms with van der Waals surface area (Å²) in [7, 11) is 0. The van der Waals surface area contributed by atoms with Gasteiger partial charge in [-0.25, -0.2) is 4.98 Å². The van der Waals surface area contributed by atoms with Crippen molar-refractivity contribution in [2.24, 2.45) is 5.92 Å². The number of hydrogen-bond acceptors (Lipinski definition) is 8. The molecule has 2 saturated heterocycles. The van der Waals surface area contributed by atoms with Crippen molar-refractivity contribution in [1.29, 1.82) is 0 Å². The van der Waals surface area contributed by atoms with Crippen LogP contribution in [0.15, 0.2) is 54.6 Å². The lowest BCUT2D eigenvalue weighted by Gasteiger charge is -2.29. The molecule has 1 aromatic heterocycles. The standard InChI is InChI=1S/C40H54N8O7/c1-5-34-43-28-14-9-10-16-32(28)47(34)19-17-35(50)44-29-15-11-18-41-39(54)33-22-27(49)23-48(33)40(55)25(4)42-37(52)30(20-24(2)3)45-38(53)31(46-36(29)51)21-26-12-7-6-8-13-26/h6-10,12-14,16,24-25,27,29-31,33,49H,5,11,15,17-23H2,1-4H3,(H,41,54)(H,42,52)(H,44,50)(H,45,53)(H,46,51)/t25-,27+,29-,30-,31+,33-/m0/s1. The maximum atomic E-state index is 14.1. The van der Waals surface area contributed by atoms with Crippen LogP contribution in [0.25, 0.3) is 11.0 Å². The molecular formula is C40H54N8O7. The van der Waals surface area contributed by atoms with E-state index in [1.54, 1.807) is 0 Å². The first-order chi connectivity index (χ1) is 26.3. The third kappa shape index (κ3) is 10.7. The molecule has 0 saturated carbocycles. The Morgan fingerprint density at radius 2 is 1.62 bits per heavy atom. The zero-order valence-electron chi connectivity index (χ0n) is 32.0. The van der Waals surface area contributed by atoms with Gasteiger partial charge in [0.2, 0.25) is 35.4 Å². The summed E-state index contributed by atoms with van der Waals surface area (Å²) in [6.07, 6.45) is 0.565. The number of fused-ring (bicyclic) bond motifs is 2. The van der Waals surface area contributed by atoms with Gasteiger partial charge in [-0.3, -0.25) is 28.8 Å². The van der Waals surface area contributed by atoms with Crippen LogP contribution in [0.3, 0.4) is 0 Å². The van der Waals surface area contributed by atoms with Gasteiger partial charge in [0.15, 0.2) is 0 Å². The first-order valence-corrected chi connectivity index (χ1v) is 19.3. The van der Waals surface area contributed by atoms with E-state index in [0.29, 0.717) is 13.0 Å². The van der Waals surface area contributed by atoms with E-state index in [-0.39, 0.29) is 63.4 Å².